The maximum atomic E-state index is 12.2. The number of allylic oxidation sites excluding steroid dienone is 1. The molecule has 20 heavy (non-hydrogen) atoms. The van der Waals surface area contributed by atoms with Gasteiger partial charge in [-0.1, -0.05) is 29.8 Å². The van der Waals surface area contributed by atoms with E-state index in [-0.39, 0.29) is 23.5 Å². The van der Waals surface area contributed by atoms with Gasteiger partial charge in [0, 0.05) is 17.0 Å². The number of ketones is 1. The van der Waals surface area contributed by atoms with Crippen molar-refractivity contribution in [2.75, 3.05) is 6.61 Å². The van der Waals surface area contributed by atoms with Gasteiger partial charge in [0.1, 0.15) is 0 Å². The molecule has 0 saturated heterocycles. The summed E-state index contributed by atoms with van der Waals surface area (Å²) in [5, 5.41) is 11.3. The number of ether oxygens (including phenoxy) is 1. The van der Waals surface area contributed by atoms with Crippen molar-refractivity contribution in [2.45, 2.75) is 25.4 Å². The zero-order valence-corrected chi connectivity index (χ0v) is 11.8. The lowest BCUT2D eigenvalue weighted by Gasteiger charge is -2.27. The van der Waals surface area contributed by atoms with Gasteiger partial charge in [0.05, 0.1) is 6.61 Å². The molecule has 1 aliphatic carbocycles. The Morgan fingerprint density at radius 3 is 2.55 bits per heavy atom. The second-order valence-corrected chi connectivity index (χ2v) is 4.95. The van der Waals surface area contributed by atoms with Crippen molar-refractivity contribution >= 4 is 23.4 Å². The van der Waals surface area contributed by atoms with E-state index in [9.17, 15) is 14.7 Å². The minimum atomic E-state index is -2.06. The molecule has 1 N–H and O–H groups in total. The summed E-state index contributed by atoms with van der Waals surface area (Å²) >= 11 is 5.81. The first kappa shape index (κ1) is 14.8. The zero-order valence-electron chi connectivity index (χ0n) is 11.1. The Morgan fingerprint density at radius 1 is 1.40 bits per heavy atom. The van der Waals surface area contributed by atoms with Crippen LogP contribution in [0.4, 0.5) is 0 Å². The molecule has 106 valence electrons. The molecule has 0 bridgehead atoms. The van der Waals surface area contributed by atoms with Crippen molar-refractivity contribution in [2.24, 2.45) is 0 Å². The Kier molecular flexibility index (Phi) is 4.26. The summed E-state index contributed by atoms with van der Waals surface area (Å²) in [6, 6.07) is 6.15. The second kappa shape index (κ2) is 5.77. The first-order valence-electron chi connectivity index (χ1n) is 6.39. The average molecular weight is 295 g/mol. The minimum Gasteiger partial charge on any atom is -0.463 e. The molecule has 0 radical (unpaired) electrons. The molecule has 5 heteroatoms. The van der Waals surface area contributed by atoms with Gasteiger partial charge in [0.25, 0.3) is 0 Å². The molecular formula is C15H15ClO4. The van der Waals surface area contributed by atoms with E-state index in [2.05, 4.69) is 0 Å². The van der Waals surface area contributed by atoms with Crippen molar-refractivity contribution in [1.82, 2.24) is 0 Å². The number of Topliss-reactive ketones (excluding diaryl/α,β-unsaturated/α-hetero) is 1. The fraction of sp³-hybridized carbons (Fsp3) is 0.333. The fourth-order valence-corrected chi connectivity index (χ4v) is 2.38. The van der Waals surface area contributed by atoms with Crippen LogP contribution in [0.15, 0.2) is 35.9 Å². The molecule has 1 unspecified atom stereocenters. The maximum Gasteiger partial charge on any atom is 0.347 e. The van der Waals surface area contributed by atoms with Crippen LogP contribution in [-0.4, -0.2) is 23.5 Å². The van der Waals surface area contributed by atoms with E-state index in [1.807, 2.05) is 0 Å². The predicted octanol–water partition coefficient (Wildman–Crippen LogP) is 2.38. The summed E-state index contributed by atoms with van der Waals surface area (Å²) in [4.78, 5) is 24.1. The highest BCUT2D eigenvalue weighted by Crippen LogP contribution is 2.36. The van der Waals surface area contributed by atoms with Crippen LogP contribution >= 0.6 is 11.6 Å². The molecular weight excluding hydrogens is 280 g/mol. The number of rotatable bonds is 4. The van der Waals surface area contributed by atoms with E-state index in [0.717, 1.165) is 0 Å². The summed E-state index contributed by atoms with van der Waals surface area (Å²) in [6.07, 6.45) is 2.40. The summed E-state index contributed by atoms with van der Waals surface area (Å²) in [7, 11) is 0. The molecule has 0 saturated carbocycles. The zero-order chi connectivity index (χ0) is 14.8. The molecule has 0 aromatic heterocycles. The van der Waals surface area contributed by atoms with Crippen LogP contribution in [0, 0.1) is 0 Å². The number of carbonyl (C=O) groups excluding carboxylic acids is 2. The van der Waals surface area contributed by atoms with Crippen molar-refractivity contribution in [3.05, 3.63) is 46.5 Å². The summed E-state index contributed by atoms with van der Waals surface area (Å²) < 4.78 is 4.94. The number of halogens is 1. The molecule has 1 aliphatic rings. The van der Waals surface area contributed by atoms with E-state index < -0.39 is 11.6 Å². The smallest absolute Gasteiger partial charge is 0.347 e. The molecule has 0 aliphatic heterocycles. The molecule has 0 fully saturated rings. The summed E-state index contributed by atoms with van der Waals surface area (Å²) in [6.45, 7) is 1.77. The lowest BCUT2D eigenvalue weighted by molar-refractivity contribution is -0.163. The van der Waals surface area contributed by atoms with Crippen LogP contribution in [0.1, 0.15) is 25.3 Å². The van der Waals surface area contributed by atoms with Crippen LogP contribution < -0.4 is 0 Å². The molecule has 2 rings (SSSR count). The van der Waals surface area contributed by atoms with Crippen molar-refractivity contribution < 1.29 is 19.4 Å². The SMILES string of the molecule is CCOC(=O)C(O)(C1=CCCC1=O)c1ccc(Cl)cc1. The van der Waals surface area contributed by atoms with Gasteiger partial charge in [0.2, 0.25) is 5.60 Å². The second-order valence-electron chi connectivity index (χ2n) is 4.52. The molecule has 0 spiro atoms. The lowest BCUT2D eigenvalue weighted by Crippen LogP contribution is -2.41. The number of hydrogen-bond donors (Lipinski definition) is 1. The Hall–Kier alpha value is -1.65. The van der Waals surface area contributed by atoms with Crippen LogP contribution in [0.3, 0.4) is 0 Å². The van der Waals surface area contributed by atoms with E-state index in [0.29, 0.717) is 17.9 Å². The minimum absolute atomic E-state index is 0.0817. The van der Waals surface area contributed by atoms with E-state index >= 15 is 0 Å². The third-order valence-corrected chi connectivity index (χ3v) is 3.49. The molecule has 4 nitrogen and oxygen atoms in total. The first-order chi connectivity index (χ1) is 9.50. The number of benzene rings is 1. The molecule has 1 aromatic rings. The van der Waals surface area contributed by atoms with Crippen molar-refractivity contribution in [3.63, 3.8) is 0 Å². The van der Waals surface area contributed by atoms with Gasteiger partial charge in [-0.3, -0.25) is 4.79 Å². The van der Waals surface area contributed by atoms with Crippen LogP contribution in [-0.2, 0) is 19.9 Å². The maximum absolute atomic E-state index is 12.2. The fourth-order valence-electron chi connectivity index (χ4n) is 2.26. The van der Waals surface area contributed by atoms with Crippen molar-refractivity contribution in [3.8, 4) is 0 Å². The standard InChI is InChI=1S/C15H15ClO4/c1-2-20-14(18)15(19,12-4-3-5-13(12)17)10-6-8-11(16)9-7-10/h4,6-9,19H,2-3,5H2,1H3. The lowest BCUT2D eigenvalue weighted by atomic mass is 9.85. The van der Waals surface area contributed by atoms with Crippen LogP contribution in [0.2, 0.25) is 5.02 Å². The van der Waals surface area contributed by atoms with E-state index in [1.165, 1.54) is 12.1 Å². The Bertz CT molecular complexity index is 562. The van der Waals surface area contributed by atoms with Gasteiger partial charge in [-0.15, -0.1) is 0 Å². The largest absolute Gasteiger partial charge is 0.463 e. The molecule has 0 amide bonds. The Labute approximate surface area is 122 Å². The van der Waals surface area contributed by atoms with Gasteiger partial charge in [-0.2, -0.15) is 0 Å². The van der Waals surface area contributed by atoms with Gasteiger partial charge in [-0.25, -0.2) is 4.79 Å². The van der Waals surface area contributed by atoms with Crippen LogP contribution in [0.25, 0.3) is 0 Å². The van der Waals surface area contributed by atoms with Gasteiger partial charge >= 0.3 is 5.97 Å². The Morgan fingerprint density at radius 2 is 2.05 bits per heavy atom. The quantitative estimate of drug-likeness (QED) is 0.866. The average Bonchev–Trinajstić information content (AvgIpc) is 2.85. The monoisotopic (exact) mass is 294 g/mol. The van der Waals surface area contributed by atoms with Gasteiger partial charge < -0.3 is 9.84 Å². The van der Waals surface area contributed by atoms with Crippen molar-refractivity contribution in [1.29, 1.82) is 0 Å². The summed E-state index contributed by atoms with van der Waals surface area (Å²) in [5.41, 5.74) is -1.70. The van der Waals surface area contributed by atoms with Crippen LogP contribution in [0.5, 0.6) is 0 Å². The highest BCUT2D eigenvalue weighted by atomic mass is 35.5. The summed E-state index contributed by atoms with van der Waals surface area (Å²) in [5.74, 6) is -1.08. The Balaban J connectivity index is 2.51. The van der Waals surface area contributed by atoms with E-state index in [4.69, 9.17) is 16.3 Å². The molecule has 1 aromatic carbocycles. The predicted molar refractivity (Wildman–Crippen MR) is 74.3 cm³/mol. The van der Waals surface area contributed by atoms with Gasteiger partial charge in [0.15, 0.2) is 5.78 Å². The van der Waals surface area contributed by atoms with Gasteiger partial charge in [-0.05, 0) is 31.0 Å². The number of carbonyl (C=O) groups is 2. The number of esters is 1. The highest BCUT2D eigenvalue weighted by Gasteiger charge is 2.47. The van der Waals surface area contributed by atoms with E-state index in [1.54, 1.807) is 25.1 Å². The molecule has 1 atom stereocenters. The highest BCUT2D eigenvalue weighted by molar-refractivity contribution is 6.30. The topological polar surface area (TPSA) is 63.6 Å². The number of aliphatic hydroxyl groups is 1. The third kappa shape index (κ3) is 2.49. The molecule has 0 heterocycles. The number of hydrogen-bond acceptors (Lipinski definition) is 4. The first-order valence-corrected chi connectivity index (χ1v) is 6.77. The normalized spacial score (nSPS) is 17.6. The third-order valence-electron chi connectivity index (χ3n) is 3.24.